The van der Waals surface area contributed by atoms with E-state index in [9.17, 15) is 26.4 Å². The molecule has 2 aliphatic heterocycles. The molecule has 35 heavy (non-hydrogen) atoms. The Kier molecular flexibility index (Phi) is 7.83. The molecule has 0 radical (unpaired) electrons. The van der Waals surface area contributed by atoms with Crippen LogP contribution in [0.25, 0.3) is 0 Å². The molecular formula is C25H30F3N3O3S. The van der Waals surface area contributed by atoms with Gasteiger partial charge in [-0.25, -0.2) is 26.3 Å². The lowest BCUT2D eigenvalue weighted by Gasteiger charge is -2.41. The maximum atomic E-state index is 14.1. The number of rotatable bonds is 9. The first-order chi connectivity index (χ1) is 16.6. The largest absolute Gasteiger partial charge is 0.336 e. The molecule has 0 aromatic heterocycles. The lowest BCUT2D eigenvalue weighted by molar-refractivity contribution is -0.135. The highest BCUT2D eigenvalue weighted by Gasteiger charge is 2.44. The van der Waals surface area contributed by atoms with Crippen LogP contribution >= 0.6 is 0 Å². The number of halogens is 3. The van der Waals surface area contributed by atoms with E-state index in [1.807, 2.05) is 30.3 Å². The summed E-state index contributed by atoms with van der Waals surface area (Å²) >= 11 is 0. The normalized spacial score (nSPS) is 22.9. The first-order valence-corrected chi connectivity index (χ1v) is 13.5. The first-order valence-electron chi connectivity index (χ1n) is 11.8. The van der Waals surface area contributed by atoms with Crippen molar-refractivity contribution in [1.82, 2.24) is 9.62 Å². The lowest BCUT2D eigenvalue weighted by atomic mass is 9.82. The summed E-state index contributed by atoms with van der Waals surface area (Å²) in [4.78, 5) is 14.7. The van der Waals surface area contributed by atoms with Gasteiger partial charge in [0.1, 0.15) is 5.82 Å². The molecule has 2 fully saturated rings. The molecule has 190 valence electrons. The number of carbonyl (C=O) groups excluding carboxylic acids is 1. The van der Waals surface area contributed by atoms with Crippen LogP contribution in [0.15, 0.2) is 42.5 Å². The van der Waals surface area contributed by atoms with Gasteiger partial charge in [-0.3, -0.25) is 4.79 Å². The zero-order chi connectivity index (χ0) is 25.2. The molecule has 4 atom stereocenters. The number of benzene rings is 2. The van der Waals surface area contributed by atoms with Crippen molar-refractivity contribution in [2.24, 2.45) is 11.7 Å². The minimum absolute atomic E-state index is 0.00775. The second-order valence-electron chi connectivity index (χ2n) is 9.52. The Bertz CT molecular complexity index is 1150. The third-order valence-electron chi connectivity index (χ3n) is 7.15. The Morgan fingerprint density at radius 1 is 1.03 bits per heavy atom. The monoisotopic (exact) mass is 509 g/mol. The average Bonchev–Trinajstić information content (AvgIpc) is 3.09. The van der Waals surface area contributed by atoms with Crippen LogP contribution in [0, 0.1) is 23.4 Å². The van der Waals surface area contributed by atoms with E-state index in [1.165, 1.54) is 0 Å². The summed E-state index contributed by atoms with van der Waals surface area (Å²) in [5.41, 5.74) is 7.27. The zero-order valence-corrected chi connectivity index (χ0v) is 20.1. The van der Waals surface area contributed by atoms with Gasteiger partial charge in [-0.05, 0) is 61.6 Å². The zero-order valence-electron chi connectivity index (χ0n) is 19.3. The molecule has 1 unspecified atom stereocenters. The second kappa shape index (κ2) is 10.7. The van der Waals surface area contributed by atoms with E-state index >= 15 is 0 Å². The van der Waals surface area contributed by atoms with Crippen LogP contribution in [0.4, 0.5) is 13.2 Å². The number of nitrogens with zero attached hydrogens (tertiary/aromatic N) is 1. The summed E-state index contributed by atoms with van der Waals surface area (Å²) in [6, 6.07) is 10.0. The minimum Gasteiger partial charge on any atom is -0.336 e. The third-order valence-corrected chi connectivity index (χ3v) is 8.48. The fourth-order valence-corrected chi connectivity index (χ4v) is 6.34. The number of carbonyl (C=O) groups is 1. The predicted molar refractivity (Wildman–Crippen MR) is 126 cm³/mol. The molecule has 4 rings (SSSR count). The van der Waals surface area contributed by atoms with Crippen LogP contribution in [-0.4, -0.2) is 49.6 Å². The molecule has 2 heterocycles. The van der Waals surface area contributed by atoms with Gasteiger partial charge >= 0.3 is 0 Å². The van der Waals surface area contributed by atoms with Gasteiger partial charge in [-0.2, -0.15) is 0 Å². The summed E-state index contributed by atoms with van der Waals surface area (Å²) < 4.78 is 68.0. The molecule has 2 aromatic rings. The van der Waals surface area contributed by atoms with Gasteiger partial charge in [0.15, 0.2) is 11.6 Å². The molecule has 2 saturated heterocycles. The Hall–Kier alpha value is -2.43. The first kappa shape index (κ1) is 25.7. The van der Waals surface area contributed by atoms with Gasteiger partial charge in [0, 0.05) is 24.2 Å². The van der Waals surface area contributed by atoms with Gasteiger partial charge in [-0.1, -0.05) is 30.3 Å². The van der Waals surface area contributed by atoms with Gasteiger partial charge in [-0.15, -0.1) is 0 Å². The van der Waals surface area contributed by atoms with Crippen LogP contribution < -0.4 is 10.5 Å². The van der Waals surface area contributed by atoms with Gasteiger partial charge < -0.3 is 10.6 Å². The van der Waals surface area contributed by atoms with Crippen molar-refractivity contribution in [3.63, 3.8) is 0 Å². The average molecular weight is 510 g/mol. The highest BCUT2D eigenvalue weighted by atomic mass is 32.2. The maximum Gasteiger partial charge on any atom is 0.238 e. The highest BCUT2D eigenvalue weighted by molar-refractivity contribution is 7.89. The maximum absolute atomic E-state index is 14.1. The predicted octanol–water partition coefficient (Wildman–Crippen LogP) is 2.91. The number of sulfonamides is 1. The van der Waals surface area contributed by atoms with E-state index < -0.39 is 33.5 Å². The molecule has 10 heteroatoms. The van der Waals surface area contributed by atoms with Crippen molar-refractivity contribution >= 4 is 15.9 Å². The fraction of sp³-hybridized carbons (Fsp3) is 0.480. The topological polar surface area (TPSA) is 92.5 Å². The Morgan fingerprint density at radius 2 is 1.66 bits per heavy atom. The molecule has 0 spiro atoms. The Morgan fingerprint density at radius 3 is 2.31 bits per heavy atom. The Labute approximate surface area is 203 Å². The van der Waals surface area contributed by atoms with E-state index in [0.717, 1.165) is 24.5 Å². The smallest absolute Gasteiger partial charge is 0.238 e. The number of hydrogen-bond acceptors (Lipinski definition) is 4. The highest BCUT2D eigenvalue weighted by Crippen LogP contribution is 2.40. The van der Waals surface area contributed by atoms with Gasteiger partial charge in [0.25, 0.3) is 0 Å². The summed E-state index contributed by atoms with van der Waals surface area (Å²) in [6.07, 6.45) is 3.23. The quantitative estimate of drug-likeness (QED) is 0.509. The van der Waals surface area contributed by atoms with Crippen molar-refractivity contribution < 1.29 is 26.4 Å². The van der Waals surface area contributed by atoms with Crippen molar-refractivity contribution in [3.05, 3.63) is 71.0 Å². The van der Waals surface area contributed by atoms with E-state index in [4.69, 9.17) is 5.73 Å². The Balaban J connectivity index is 1.30. The van der Waals surface area contributed by atoms with Gasteiger partial charge in [0.05, 0.1) is 12.3 Å². The number of nitrogens with one attached hydrogen (secondary N) is 1. The number of hydrogen-bond donors (Lipinski definition) is 2. The molecule has 1 amide bonds. The standard InChI is InChI=1S/C25H30F3N3O3S/c26-21-14-23(28)22(27)12-17(21)13-24(29)18-10-19-6-7-20(11-18)31(19)25(32)15-30-35(33,34)9-8-16-4-2-1-3-5-16/h1-5,12,14,18-20,24,30H,6-11,13,15,29H2/t18?,19-,20+,24-/m1/s1. The number of fused-ring (bicyclic) bond motifs is 2. The minimum atomic E-state index is -3.61. The van der Waals surface area contributed by atoms with Crippen molar-refractivity contribution in [1.29, 1.82) is 0 Å². The van der Waals surface area contributed by atoms with Crippen LogP contribution in [0.2, 0.25) is 0 Å². The van der Waals surface area contributed by atoms with Crippen molar-refractivity contribution in [2.75, 3.05) is 12.3 Å². The number of nitrogens with two attached hydrogens (primary N) is 1. The van der Waals surface area contributed by atoms with E-state index in [0.29, 0.717) is 25.3 Å². The summed E-state index contributed by atoms with van der Waals surface area (Å²) in [7, 11) is -3.61. The van der Waals surface area contributed by atoms with E-state index in [1.54, 1.807) is 4.90 Å². The third kappa shape index (κ3) is 6.23. The number of aryl methyl sites for hydroxylation is 1. The lowest BCUT2D eigenvalue weighted by Crippen LogP contribution is -2.52. The number of amides is 1. The molecule has 2 aliphatic rings. The van der Waals surface area contributed by atoms with Crippen LogP contribution in [0.5, 0.6) is 0 Å². The molecule has 3 N–H and O–H groups in total. The fourth-order valence-electron chi connectivity index (χ4n) is 5.35. The van der Waals surface area contributed by atoms with E-state index in [-0.39, 0.29) is 48.2 Å². The van der Waals surface area contributed by atoms with Crippen molar-refractivity contribution in [2.45, 2.75) is 56.7 Å². The summed E-state index contributed by atoms with van der Waals surface area (Å²) in [5.74, 6) is -3.55. The second-order valence-corrected chi connectivity index (χ2v) is 11.4. The van der Waals surface area contributed by atoms with Crippen molar-refractivity contribution in [3.8, 4) is 0 Å². The summed E-state index contributed by atoms with van der Waals surface area (Å²) in [5, 5.41) is 0. The van der Waals surface area contributed by atoms with Crippen LogP contribution in [0.1, 0.15) is 36.8 Å². The SMILES string of the molecule is N[C@H](Cc1cc(F)c(F)cc1F)C1C[C@H]2CC[C@@H](C1)N2C(=O)CNS(=O)(=O)CCc1ccccc1. The molecule has 2 bridgehead atoms. The van der Waals surface area contributed by atoms with Crippen LogP contribution in [0.3, 0.4) is 0 Å². The molecule has 0 aliphatic carbocycles. The molecule has 6 nitrogen and oxygen atoms in total. The van der Waals surface area contributed by atoms with E-state index in [2.05, 4.69) is 4.72 Å². The number of piperidine rings is 1. The summed E-state index contributed by atoms with van der Waals surface area (Å²) in [6.45, 7) is -0.291. The molecule has 0 saturated carbocycles. The van der Waals surface area contributed by atoms with Crippen LogP contribution in [-0.2, 0) is 27.7 Å². The molecular weight excluding hydrogens is 479 g/mol. The molecule has 2 aromatic carbocycles. The van der Waals surface area contributed by atoms with Gasteiger partial charge in [0.2, 0.25) is 15.9 Å².